The molecule has 1 aromatic carbocycles. The number of aliphatic hydroxyl groups is 1. The summed E-state index contributed by atoms with van der Waals surface area (Å²) in [7, 11) is 0. The number of piperidine rings is 1. The Balaban J connectivity index is 1.59. The van der Waals surface area contributed by atoms with E-state index in [1.165, 1.54) is 0 Å². The zero-order chi connectivity index (χ0) is 17.6. The summed E-state index contributed by atoms with van der Waals surface area (Å²) < 4.78 is 7.98. The number of nitrogens with zero attached hydrogens (tertiary/aromatic N) is 2. The highest BCUT2D eigenvalue weighted by molar-refractivity contribution is 9.10. The third-order valence-corrected chi connectivity index (χ3v) is 6.21. The predicted octanol–water partition coefficient (Wildman–Crippen LogP) is 2.08. The summed E-state index contributed by atoms with van der Waals surface area (Å²) in [4.78, 5) is 17.2. The third kappa shape index (κ3) is 3.48. The van der Waals surface area contributed by atoms with Crippen molar-refractivity contribution in [3.8, 4) is 0 Å². The number of benzene rings is 1. The van der Waals surface area contributed by atoms with Crippen LogP contribution >= 0.6 is 27.5 Å². The Labute approximate surface area is 158 Å². The molecule has 0 bridgehead atoms. The van der Waals surface area contributed by atoms with Crippen LogP contribution in [0.25, 0.3) is 10.9 Å². The van der Waals surface area contributed by atoms with Crippen LogP contribution in [0.15, 0.2) is 27.7 Å². The maximum absolute atomic E-state index is 12.8. The summed E-state index contributed by atoms with van der Waals surface area (Å²) in [6.45, 7) is 1.92. The molecule has 0 radical (unpaired) electrons. The van der Waals surface area contributed by atoms with Crippen LogP contribution in [0, 0.1) is 0 Å². The molecule has 2 aliphatic heterocycles. The highest BCUT2D eigenvalue weighted by atomic mass is 79.9. The average molecular weight is 429 g/mol. The van der Waals surface area contributed by atoms with Gasteiger partial charge in [-0.25, -0.2) is 4.98 Å². The second-order valence-corrected chi connectivity index (χ2v) is 8.17. The first-order valence-electron chi connectivity index (χ1n) is 8.37. The SMILES string of the molecule is O=c1c2cc(Cl)c(Br)cc2ncn1CC1(C[C@@H]2NCCC[C@H]2O)CO1. The Morgan fingerprint density at radius 2 is 2.32 bits per heavy atom. The van der Waals surface area contributed by atoms with Gasteiger partial charge in [0.15, 0.2) is 0 Å². The first-order chi connectivity index (χ1) is 12.0. The van der Waals surface area contributed by atoms with Gasteiger partial charge in [-0.15, -0.1) is 0 Å². The molecule has 4 rings (SSSR count). The first-order valence-corrected chi connectivity index (χ1v) is 9.54. The van der Waals surface area contributed by atoms with E-state index in [1.807, 2.05) is 0 Å². The number of aliphatic hydroxyl groups excluding tert-OH is 1. The number of ether oxygens (including phenoxy) is 1. The third-order valence-electron chi connectivity index (χ3n) is 5.02. The molecule has 0 saturated carbocycles. The molecule has 1 aromatic heterocycles. The van der Waals surface area contributed by atoms with Crippen molar-refractivity contribution in [2.24, 2.45) is 0 Å². The van der Waals surface area contributed by atoms with E-state index in [0.717, 1.165) is 19.4 Å². The monoisotopic (exact) mass is 427 g/mol. The summed E-state index contributed by atoms with van der Waals surface area (Å²) >= 11 is 9.47. The highest BCUT2D eigenvalue weighted by Gasteiger charge is 2.48. The number of aromatic nitrogens is 2. The first kappa shape index (κ1) is 17.4. The summed E-state index contributed by atoms with van der Waals surface area (Å²) in [5, 5.41) is 14.5. The molecule has 1 unspecified atom stereocenters. The van der Waals surface area contributed by atoms with Gasteiger partial charge in [-0.2, -0.15) is 0 Å². The van der Waals surface area contributed by atoms with Gasteiger partial charge in [0.2, 0.25) is 0 Å². The molecule has 6 nitrogen and oxygen atoms in total. The molecule has 0 spiro atoms. The second-order valence-electron chi connectivity index (χ2n) is 6.91. The minimum atomic E-state index is -0.408. The Morgan fingerprint density at radius 1 is 1.52 bits per heavy atom. The van der Waals surface area contributed by atoms with E-state index in [1.54, 1.807) is 23.0 Å². The van der Waals surface area contributed by atoms with Gasteiger partial charge in [0.1, 0.15) is 5.60 Å². The molecule has 3 atom stereocenters. The van der Waals surface area contributed by atoms with Crippen molar-refractivity contribution in [2.75, 3.05) is 13.2 Å². The zero-order valence-electron chi connectivity index (χ0n) is 13.5. The molecule has 25 heavy (non-hydrogen) atoms. The smallest absolute Gasteiger partial charge is 0.261 e. The molecule has 2 saturated heterocycles. The molecule has 8 heteroatoms. The van der Waals surface area contributed by atoms with Crippen LogP contribution in [-0.4, -0.2) is 45.6 Å². The lowest BCUT2D eigenvalue weighted by Gasteiger charge is -2.31. The fraction of sp³-hybridized carbons (Fsp3) is 0.529. The standard InChI is InChI=1S/C17H19BrClN3O3/c18-11-5-13-10(4-12(11)19)16(24)22(9-21-13)7-17(8-25-17)6-14-15(23)2-1-3-20-14/h4-5,9,14-15,20,23H,1-3,6-8H2/t14-,15+,17?/m0/s1. The lowest BCUT2D eigenvalue weighted by molar-refractivity contribution is 0.0754. The molecule has 0 amide bonds. The van der Waals surface area contributed by atoms with E-state index in [4.69, 9.17) is 16.3 Å². The fourth-order valence-corrected chi connectivity index (χ4v) is 3.99. The van der Waals surface area contributed by atoms with Crippen molar-refractivity contribution in [2.45, 2.75) is 43.6 Å². The normalized spacial score (nSPS) is 29.1. The van der Waals surface area contributed by atoms with E-state index in [-0.39, 0.29) is 17.7 Å². The molecular weight excluding hydrogens is 410 g/mol. The van der Waals surface area contributed by atoms with E-state index in [9.17, 15) is 9.90 Å². The van der Waals surface area contributed by atoms with Crippen LogP contribution in [0.4, 0.5) is 0 Å². The molecule has 2 aromatic rings. The molecule has 3 heterocycles. The van der Waals surface area contributed by atoms with Crippen LogP contribution in [0.3, 0.4) is 0 Å². The van der Waals surface area contributed by atoms with Crippen molar-refractivity contribution in [3.63, 3.8) is 0 Å². The topological polar surface area (TPSA) is 79.7 Å². The van der Waals surface area contributed by atoms with Gasteiger partial charge in [-0.1, -0.05) is 11.6 Å². The lowest BCUT2D eigenvalue weighted by atomic mass is 9.92. The Kier molecular flexibility index (Phi) is 4.62. The van der Waals surface area contributed by atoms with Gasteiger partial charge < -0.3 is 15.2 Å². The van der Waals surface area contributed by atoms with Crippen LogP contribution in [0.1, 0.15) is 19.3 Å². The van der Waals surface area contributed by atoms with Crippen molar-refractivity contribution >= 4 is 38.4 Å². The number of nitrogens with one attached hydrogen (secondary N) is 1. The van der Waals surface area contributed by atoms with Gasteiger partial charge in [0.25, 0.3) is 5.56 Å². The van der Waals surface area contributed by atoms with Gasteiger partial charge in [0.05, 0.1) is 41.5 Å². The number of epoxide rings is 1. The van der Waals surface area contributed by atoms with Crippen LogP contribution in [0.5, 0.6) is 0 Å². The summed E-state index contributed by atoms with van der Waals surface area (Å²) in [5.41, 5.74) is 0.0630. The maximum Gasteiger partial charge on any atom is 0.261 e. The van der Waals surface area contributed by atoms with Gasteiger partial charge in [-0.3, -0.25) is 9.36 Å². The quantitative estimate of drug-likeness (QED) is 0.729. The number of hydrogen-bond acceptors (Lipinski definition) is 5. The Hall–Kier alpha value is -0.990. The molecular formula is C17H19BrClN3O3. The lowest BCUT2D eigenvalue weighted by Crippen LogP contribution is -2.48. The molecule has 2 N–H and O–H groups in total. The van der Waals surface area contributed by atoms with Crippen LogP contribution in [0.2, 0.25) is 5.02 Å². The highest BCUT2D eigenvalue weighted by Crippen LogP contribution is 2.35. The number of halogens is 2. The van der Waals surface area contributed by atoms with Crippen molar-refractivity contribution < 1.29 is 9.84 Å². The largest absolute Gasteiger partial charge is 0.392 e. The van der Waals surface area contributed by atoms with Crippen LogP contribution in [-0.2, 0) is 11.3 Å². The number of fused-ring (bicyclic) bond motifs is 1. The average Bonchev–Trinajstić information content (AvgIpc) is 3.34. The second kappa shape index (κ2) is 6.63. The van der Waals surface area contributed by atoms with E-state index < -0.39 is 5.60 Å². The summed E-state index contributed by atoms with van der Waals surface area (Å²) in [5.74, 6) is 0. The molecule has 0 aliphatic carbocycles. The summed E-state index contributed by atoms with van der Waals surface area (Å²) in [6, 6.07) is 3.39. The number of rotatable bonds is 4. The fourth-order valence-electron chi connectivity index (χ4n) is 3.50. The predicted molar refractivity (Wildman–Crippen MR) is 99.0 cm³/mol. The summed E-state index contributed by atoms with van der Waals surface area (Å²) in [6.07, 6.45) is 3.66. The van der Waals surface area contributed by atoms with Gasteiger partial charge in [0, 0.05) is 10.5 Å². The van der Waals surface area contributed by atoms with Crippen molar-refractivity contribution in [1.29, 1.82) is 0 Å². The number of hydrogen-bond donors (Lipinski definition) is 2. The minimum Gasteiger partial charge on any atom is -0.392 e. The molecule has 134 valence electrons. The molecule has 2 aliphatic rings. The van der Waals surface area contributed by atoms with E-state index >= 15 is 0 Å². The Bertz CT molecular complexity index is 868. The molecule has 2 fully saturated rings. The Morgan fingerprint density at radius 3 is 3.04 bits per heavy atom. The van der Waals surface area contributed by atoms with Crippen LogP contribution < -0.4 is 10.9 Å². The van der Waals surface area contributed by atoms with E-state index in [2.05, 4.69) is 26.2 Å². The minimum absolute atomic E-state index is 0.00534. The van der Waals surface area contributed by atoms with E-state index in [0.29, 0.717) is 40.0 Å². The zero-order valence-corrected chi connectivity index (χ0v) is 15.9. The van der Waals surface area contributed by atoms with Crippen molar-refractivity contribution in [1.82, 2.24) is 14.9 Å². The van der Waals surface area contributed by atoms with Crippen molar-refractivity contribution in [3.05, 3.63) is 38.3 Å². The van der Waals surface area contributed by atoms with Gasteiger partial charge >= 0.3 is 0 Å². The van der Waals surface area contributed by atoms with Gasteiger partial charge in [-0.05, 0) is 53.9 Å². The maximum atomic E-state index is 12.8.